The van der Waals surface area contributed by atoms with Crippen LogP contribution in [0.2, 0.25) is 0 Å². The van der Waals surface area contributed by atoms with Gasteiger partial charge in [0.05, 0.1) is 42.6 Å². The fourth-order valence-corrected chi connectivity index (χ4v) is 3.15. The Labute approximate surface area is 152 Å². The highest BCUT2D eigenvalue weighted by Gasteiger charge is 2.22. The number of nitrogens with zero attached hydrogens (tertiary/aromatic N) is 5. The van der Waals surface area contributed by atoms with E-state index >= 15 is 0 Å². The summed E-state index contributed by atoms with van der Waals surface area (Å²) in [4.78, 5) is 11.8. The molecule has 4 rings (SSSR count). The van der Waals surface area contributed by atoms with Gasteiger partial charge < -0.3 is 14.7 Å². The highest BCUT2D eigenvalue weighted by atomic mass is 16.5. The van der Waals surface area contributed by atoms with Crippen molar-refractivity contribution in [3.63, 3.8) is 0 Å². The molecule has 0 atom stereocenters. The van der Waals surface area contributed by atoms with Crippen LogP contribution in [0, 0.1) is 0 Å². The van der Waals surface area contributed by atoms with Crippen LogP contribution in [-0.4, -0.2) is 56.8 Å². The fourth-order valence-electron chi connectivity index (χ4n) is 3.15. The first-order valence-corrected chi connectivity index (χ1v) is 8.85. The first kappa shape index (κ1) is 16.9. The molecule has 0 radical (unpaired) electrons. The van der Waals surface area contributed by atoms with Crippen molar-refractivity contribution in [3.05, 3.63) is 36.5 Å². The maximum Gasteiger partial charge on any atom is 0.228 e. The van der Waals surface area contributed by atoms with Gasteiger partial charge in [0, 0.05) is 18.7 Å². The van der Waals surface area contributed by atoms with Crippen LogP contribution in [0.15, 0.2) is 36.5 Å². The van der Waals surface area contributed by atoms with Gasteiger partial charge in [-0.3, -0.25) is 0 Å². The van der Waals surface area contributed by atoms with Crippen molar-refractivity contribution in [2.75, 3.05) is 31.2 Å². The SMILES string of the molecule is CC(C)(O)Cn1ncc2c(-c3ccccc3)nc(N3CCOCC3)nc21. The first-order chi connectivity index (χ1) is 12.5. The van der Waals surface area contributed by atoms with Crippen molar-refractivity contribution in [1.82, 2.24) is 19.7 Å². The van der Waals surface area contributed by atoms with Crippen molar-refractivity contribution < 1.29 is 9.84 Å². The van der Waals surface area contributed by atoms with Gasteiger partial charge in [-0.25, -0.2) is 9.67 Å². The maximum atomic E-state index is 10.2. The third-order valence-electron chi connectivity index (χ3n) is 4.36. The number of rotatable bonds is 4. The number of hydrogen-bond donors (Lipinski definition) is 1. The molecule has 0 saturated carbocycles. The number of aromatic nitrogens is 4. The summed E-state index contributed by atoms with van der Waals surface area (Å²) >= 11 is 0. The van der Waals surface area contributed by atoms with Crippen LogP contribution in [0.3, 0.4) is 0 Å². The zero-order chi connectivity index (χ0) is 18.1. The van der Waals surface area contributed by atoms with Crippen LogP contribution < -0.4 is 4.90 Å². The highest BCUT2D eigenvalue weighted by molar-refractivity contribution is 5.91. The number of hydrogen-bond acceptors (Lipinski definition) is 6. The number of morpholine rings is 1. The molecular formula is C19H23N5O2. The van der Waals surface area contributed by atoms with Gasteiger partial charge in [0.2, 0.25) is 5.95 Å². The number of ether oxygens (including phenoxy) is 1. The molecule has 1 aliphatic rings. The molecule has 0 aliphatic carbocycles. The van der Waals surface area contributed by atoms with Gasteiger partial charge in [-0.1, -0.05) is 30.3 Å². The van der Waals surface area contributed by atoms with Gasteiger partial charge in [0.1, 0.15) is 0 Å². The van der Waals surface area contributed by atoms with E-state index in [0.717, 1.165) is 35.4 Å². The van der Waals surface area contributed by atoms with E-state index in [-0.39, 0.29) is 0 Å². The second kappa shape index (κ2) is 6.66. The second-order valence-corrected chi connectivity index (χ2v) is 7.19. The molecule has 3 aromatic rings. The van der Waals surface area contributed by atoms with Crippen LogP contribution in [0.4, 0.5) is 5.95 Å². The smallest absolute Gasteiger partial charge is 0.228 e. The molecule has 3 heterocycles. The zero-order valence-electron chi connectivity index (χ0n) is 15.1. The third-order valence-corrected chi connectivity index (χ3v) is 4.36. The Morgan fingerprint density at radius 2 is 1.85 bits per heavy atom. The largest absolute Gasteiger partial charge is 0.389 e. The number of benzene rings is 1. The predicted octanol–water partition coefficient (Wildman–Crippen LogP) is 2.10. The molecule has 26 heavy (non-hydrogen) atoms. The van der Waals surface area contributed by atoms with Gasteiger partial charge in [0.15, 0.2) is 5.65 Å². The van der Waals surface area contributed by atoms with Gasteiger partial charge in [-0.2, -0.15) is 10.1 Å². The Balaban J connectivity index is 1.88. The van der Waals surface area contributed by atoms with Crippen LogP contribution in [0.1, 0.15) is 13.8 Å². The van der Waals surface area contributed by atoms with E-state index in [1.54, 1.807) is 24.7 Å². The van der Waals surface area contributed by atoms with E-state index in [2.05, 4.69) is 10.00 Å². The van der Waals surface area contributed by atoms with Crippen LogP contribution in [0.5, 0.6) is 0 Å². The summed E-state index contributed by atoms with van der Waals surface area (Å²) in [5.41, 5.74) is 1.74. The van der Waals surface area contributed by atoms with E-state index in [4.69, 9.17) is 14.7 Å². The van der Waals surface area contributed by atoms with Gasteiger partial charge in [-0.15, -0.1) is 0 Å². The topological polar surface area (TPSA) is 76.3 Å². The van der Waals surface area contributed by atoms with Gasteiger partial charge in [-0.05, 0) is 13.8 Å². The van der Waals surface area contributed by atoms with Crippen molar-refractivity contribution in [2.24, 2.45) is 0 Å². The molecule has 1 aromatic carbocycles. The number of anilines is 1. The molecule has 7 nitrogen and oxygen atoms in total. The van der Waals surface area contributed by atoms with E-state index in [0.29, 0.717) is 25.7 Å². The quantitative estimate of drug-likeness (QED) is 0.774. The highest BCUT2D eigenvalue weighted by Crippen LogP contribution is 2.29. The van der Waals surface area contributed by atoms with E-state index < -0.39 is 5.60 Å². The lowest BCUT2D eigenvalue weighted by Crippen LogP contribution is -2.37. The van der Waals surface area contributed by atoms with Crippen molar-refractivity contribution >= 4 is 17.0 Å². The molecule has 1 N–H and O–H groups in total. The number of aliphatic hydroxyl groups is 1. The minimum Gasteiger partial charge on any atom is -0.389 e. The first-order valence-electron chi connectivity index (χ1n) is 8.85. The van der Waals surface area contributed by atoms with Crippen molar-refractivity contribution in [1.29, 1.82) is 0 Å². The van der Waals surface area contributed by atoms with E-state index in [1.165, 1.54) is 0 Å². The molecular weight excluding hydrogens is 330 g/mol. The van der Waals surface area contributed by atoms with Gasteiger partial charge in [0.25, 0.3) is 0 Å². The minimum absolute atomic E-state index is 0.365. The van der Waals surface area contributed by atoms with Gasteiger partial charge >= 0.3 is 0 Å². The van der Waals surface area contributed by atoms with Crippen LogP contribution in [0.25, 0.3) is 22.3 Å². The van der Waals surface area contributed by atoms with Crippen molar-refractivity contribution in [2.45, 2.75) is 26.0 Å². The summed E-state index contributed by atoms with van der Waals surface area (Å²) in [6, 6.07) is 10.1. The molecule has 136 valence electrons. The monoisotopic (exact) mass is 353 g/mol. The van der Waals surface area contributed by atoms with Crippen molar-refractivity contribution in [3.8, 4) is 11.3 Å². The molecule has 1 aliphatic heterocycles. The summed E-state index contributed by atoms with van der Waals surface area (Å²) < 4.78 is 7.21. The average molecular weight is 353 g/mol. The number of fused-ring (bicyclic) bond motifs is 1. The third kappa shape index (κ3) is 3.40. The Morgan fingerprint density at radius 1 is 1.12 bits per heavy atom. The molecule has 0 spiro atoms. The maximum absolute atomic E-state index is 10.2. The zero-order valence-corrected chi connectivity index (χ0v) is 15.1. The molecule has 2 aromatic heterocycles. The summed E-state index contributed by atoms with van der Waals surface area (Å²) in [7, 11) is 0. The van der Waals surface area contributed by atoms with Crippen LogP contribution in [-0.2, 0) is 11.3 Å². The van der Waals surface area contributed by atoms with E-state index in [1.807, 2.05) is 30.3 Å². The van der Waals surface area contributed by atoms with E-state index in [9.17, 15) is 5.11 Å². The van der Waals surface area contributed by atoms with Crippen LogP contribution >= 0.6 is 0 Å². The predicted molar refractivity (Wildman–Crippen MR) is 100 cm³/mol. The lowest BCUT2D eigenvalue weighted by molar-refractivity contribution is 0.0589. The lowest BCUT2D eigenvalue weighted by Gasteiger charge is -2.27. The molecule has 7 heteroatoms. The molecule has 0 amide bonds. The summed E-state index contributed by atoms with van der Waals surface area (Å²) in [6.07, 6.45) is 1.78. The Morgan fingerprint density at radius 3 is 2.54 bits per heavy atom. The summed E-state index contributed by atoms with van der Waals surface area (Å²) in [5, 5.41) is 15.6. The Bertz CT molecular complexity index is 895. The Hall–Kier alpha value is -2.51. The summed E-state index contributed by atoms with van der Waals surface area (Å²) in [5.74, 6) is 0.678. The lowest BCUT2D eigenvalue weighted by atomic mass is 10.1. The Kier molecular flexibility index (Phi) is 4.34. The summed E-state index contributed by atoms with van der Waals surface area (Å²) in [6.45, 7) is 6.77. The molecule has 0 unspecified atom stereocenters. The molecule has 1 fully saturated rings. The second-order valence-electron chi connectivity index (χ2n) is 7.19. The average Bonchev–Trinajstić information content (AvgIpc) is 3.03. The standard InChI is InChI=1S/C19H23N5O2/c1-19(2,25)13-24-17-15(12-20-24)16(14-6-4-3-5-7-14)21-18(22-17)23-8-10-26-11-9-23/h3-7,12,25H,8-11,13H2,1-2H3. The molecule has 1 saturated heterocycles. The molecule has 0 bridgehead atoms. The fraction of sp³-hybridized carbons (Fsp3) is 0.421. The normalized spacial score (nSPS) is 15.6. The minimum atomic E-state index is -0.879.